The topological polar surface area (TPSA) is 79.4 Å². The third kappa shape index (κ3) is 2.10. The fourth-order valence-corrected chi connectivity index (χ4v) is 2.71. The monoisotopic (exact) mass is 267 g/mol. The number of rotatable bonds is 4. The molecule has 2 unspecified atom stereocenters. The Morgan fingerprint density at radius 2 is 2.32 bits per heavy atom. The van der Waals surface area contributed by atoms with Gasteiger partial charge in [-0.1, -0.05) is 13.8 Å². The van der Waals surface area contributed by atoms with Crippen molar-refractivity contribution in [3.05, 3.63) is 12.0 Å². The van der Waals surface area contributed by atoms with E-state index < -0.39 is 5.97 Å². The Morgan fingerprint density at radius 1 is 1.63 bits per heavy atom. The maximum Gasteiger partial charge on any atom is 0.360 e. The molecule has 1 fully saturated rings. The molecule has 1 heterocycles. The summed E-state index contributed by atoms with van der Waals surface area (Å²) in [5.41, 5.74) is 6.17. The van der Waals surface area contributed by atoms with Gasteiger partial charge in [-0.2, -0.15) is 0 Å². The van der Waals surface area contributed by atoms with Gasteiger partial charge in [0.2, 0.25) is 0 Å². The molecule has 0 saturated heterocycles. The zero-order valence-electron chi connectivity index (χ0n) is 11.8. The number of anilines is 1. The van der Waals surface area contributed by atoms with Gasteiger partial charge in [-0.3, -0.25) is 0 Å². The minimum absolute atomic E-state index is 0.0322. The summed E-state index contributed by atoms with van der Waals surface area (Å²) in [5, 5.41) is 0. The third-order valence-electron chi connectivity index (χ3n) is 4.05. The number of ether oxygens (including phenoxy) is 2. The molecule has 6 heteroatoms. The highest BCUT2D eigenvalue weighted by Crippen LogP contribution is 2.51. The normalized spacial score (nSPS) is 24.8. The quantitative estimate of drug-likeness (QED) is 0.839. The summed E-state index contributed by atoms with van der Waals surface area (Å²) in [6, 6.07) is 0.188. The number of carbonyl (C=O) groups is 1. The van der Waals surface area contributed by atoms with Crippen LogP contribution in [-0.2, 0) is 9.47 Å². The molecule has 106 valence electrons. The van der Waals surface area contributed by atoms with Gasteiger partial charge in [0.1, 0.15) is 5.82 Å². The number of nitrogen functional groups attached to an aromatic ring is 1. The SMILES string of the molecule is CCOC(=O)c1ncn(C2CC(OC)C2(C)C)c1N. The fraction of sp³-hybridized carbons (Fsp3) is 0.692. The van der Waals surface area contributed by atoms with E-state index in [1.165, 1.54) is 0 Å². The number of carbonyl (C=O) groups excluding carboxylic acids is 1. The lowest BCUT2D eigenvalue weighted by atomic mass is 9.64. The summed E-state index contributed by atoms with van der Waals surface area (Å²) in [4.78, 5) is 15.8. The second-order valence-electron chi connectivity index (χ2n) is 5.40. The van der Waals surface area contributed by atoms with Gasteiger partial charge in [0.05, 0.1) is 19.0 Å². The first-order valence-electron chi connectivity index (χ1n) is 6.45. The second kappa shape index (κ2) is 4.85. The lowest BCUT2D eigenvalue weighted by Crippen LogP contribution is -2.51. The molecule has 1 aromatic rings. The summed E-state index contributed by atoms with van der Waals surface area (Å²) in [6.45, 7) is 6.31. The Morgan fingerprint density at radius 3 is 2.84 bits per heavy atom. The zero-order chi connectivity index (χ0) is 14.2. The van der Waals surface area contributed by atoms with Crippen LogP contribution in [0.15, 0.2) is 6.33 Å². The lowest BCUT2D eigenvalue weighted by Gasteiger charge is -2.51. The van der Waals surface area contributed by atoms with E-state index in [-0.39, 0.29) is 23.3 Å². The largest absolute Gasteiger partial charge is 0.461 e. The number of imidazole rings is 1. The molecular weight excluding hydrogens is 246 g/mol. The molecule has 1 aromatic heterocycles. The maximum atomic E-state index is 11.7. The minimum atomic E-state index is -0.473. The first kappa shape index (κ1) is 13.9. The van der Waals surface area contributed by atoms with Gasteiger partial charge in [-0.05, 0) is 13.3 Å². The molecule has 1 aliphatic rings. The molecule has 6 nitrogen and oxygen atoms in total. The average molecular weight is 267 g/mol. The number of hydrogen-bond donors (Lipinski definition) is 1. The lowest BCUT2D eigenvalue weighted by molar-refractivity contribution is -0.112. The Labute approximate surface area is 112 Å². The number of aromatic nitrogens is 2. The number of hydrogen-bond acceptors (Lipinski definition) is 5. The predicted molar refractivity (Wildman–Crippen MR) is 70.8 cm³/mol. The average Bonchev–Trinajstić information content (AvgIpc) is 2.71. The molecule has 1 aliphatic carbocycles. The van der Waals surface area contributed by atoms with Gasteiger partial charge in [-0.25, -0.2) is 9.78 Å². The van der Waals surface area contributed by atoms with Crippen LogP contribution in [0.3, 0.4) is 0 Å². The Bertz CT molecular complexity index is 481. The number of nitrogens with zero attached hydrogens (tertiary/aromatic N) is 2. The summed E-state index contributed by atoms with van der Waals surface area (Å²) in [6.07, 6.45) is 2.68. The molecule has 1 saturated carbocycles. The van der Waals surface area contributed by atoms with E-state index in [9.17, 15) is 4.79 Å². The van der Waals surface area contributed by atoms with Crippen LogP contribution in [0.1, 0.15) is 43.7 Å². The van der Waals surface area contributed by atoms with Crippen LogP contribution >= 0.6 is 0 Å². The van der Waals surface area contributed by atoms with E-state index in [4.69, 9.17) is 15.2 Å². The standard InChI is InChI=1S/C13H21N3O3/c1-5-19-12(17)10-11(14)16(7-15-10)8-6-9(18-4)13(8,2)3/h7-9H,5-6,14H2,1-4H3. The van der Waals surface area contributed by atoms with Gasteiger partial charge in [-0.15, -0.1) is 0 Å². The van der Waals surface area contributed by atoms with Crippen LogP contribution in [0.5, 0.6) is 0 Å². The summed E-state index contributed by atoms with van der Waals surface area (Å²) < 4.78 is 12.2. The number of methoxy groups -OCH3 is 1. The van der Waals surface area contributed by atoms with Gasteiger partial charge < -0.3 is 19.8 Å². The minimum Gasteiger partial charge on any atom is -0.461 e. The van der Waals surface area contributed by atoms with Crippen LogP contribution in [0.25, 0.3) is 0 Å². The molecule has 0 bridgehead atoms. The smallest absolute Gasteiger partial charge is 0.360 e. The van der Waals surface area contributed by atoms with Crippen molar-refractivity contribution in [1.82, 2.24) is 9.55 Å². The molecule has 0 spiro atoms. The van der Waals surface area contributed by atoms with Crippen LogP contribution in [-0.4, -0.2) is 35.3 Å². The molecule has 0 amide bonds. The van der Waals surface area contributed by atoms with E-state index in [0.29, 0.717) is 12.4 Å². The van der Waals surface area contributed by atoms with Crippen LogP contribution < -0.4 is 5.73 Å². The summed E-state index contributed by atoms with van der Waals surface area (Å²) >= 11 is 0. The molecule has 2 atom stereocenters. The van der Waals surface area contributed by atoms with Crippen molar-refractivity contribution in [2.75, 3.05) is 19.5 Å². The molecule has 0 aromatic carbocycles. The first-order chi connectivity index (χ1) is 8.93. The molecule has 0 aliphatic heterocycles. The Balaban J connectivity index is 2.22. The summed E-state index contributed by atoms with van der Waals surface area (Å²) in [7, 11) is 1.71. The van der Waals surface area contributed by atoms with Crippen molar-refractivity contribution in [1.29, 1.82) is 0 Å². The van der Waals surface area contributed by atoms with Crippen molar-refractivity contribution in [3.8, 4) is 0 Å². The maximum absolute atomic E-state index is 11.7. The molecule has 0 radical (unpaired) electrons. The van der Waals surface area contributed by atoms with Crippen molar-refractivity contribution >= 4 is 11.8 Å². The van der Waals surface area contributed by atoms with Crippen LogP contribution in [0, 0.1) is 5.41 Å². The Hall–Kier alpha value is -1.56. The highest BCUT2D eigenvalue weighted by atomic mass is 16.5. The second-order valence-corrected chi connectivity index (χ2v) is 5.40. The van der Waals surface area contributed by atoms with Gasteiger partial charge in [0.15, 0.2) is 5.69 Å². The number of esters is 1. The van der Waals surface area contributed by atoms with E-state index in [0.717, 1.165) is 6.42 Å². The van der Waals surface area contributed by atoms with E-state index in [2.05, 4.69) is 18.8 Å². The molecule has 2 rings (SSSR count). The van der Waals surface area contributed by atoms with Crippen molar-refractivity contribution in [3.63, 3.8) is 0 Å². The number of nitrogens with two attached hydrogens (primary N) is 1. The van der Waals surface area contributed by atoms with E-state index >= 15 is 0 Å². The zero-order valence-corrected chi connectivity index (χ0v) is 11.8. The third-order valence-corrected chi connectivity index (χ3v) is 4.05. The van der Waals surface area contributed by atoms with E-state index in [1.807, 2.05) is 4.57 Å². The molecule has 19 heavy (non-hydrogen) atoms. The Kier molecular flexibility index (Phi) is 3.54. The fourth-order valence-electron chi connectivity index (χ4n) is 2.71. The summed E-state index contributed by atoms with van der Waals surface area (Å²) in [5.74, 6) is -0.106. The highest BCUT2D eigenvalue weighted by Gasteiger charge is 2.50. The van der Waals surface area contributed by atoms with Crippen LogP contribution in [0.2, 0.25) is 0 Å². The van der Waals surface area contributed by atoms with Gasteiger partial charge in [0, 0.05) is 18.6 Å². The van der Waals surface area contributed by atoms with Gasteiger partial charge >= 0.3 is 5.97 Å². The van der Waals surface area contributed by atoms with Crippen molar-refractivity contribution in [2.45, 2.75) is 39.3 Å². The van der Waals surface area contributed by atoms with E-state index in [1.54, 1.807) is 20.4 Å². The molecular formula is C13H21N3O3. The van der Waals surface area contributed by atoms with Crippen LogP contribution in [0.4, 0.5) is 5.82 Å². The predicted octanol–water partition coefficient (Wildman–Crippen LogP) is 1.63. The van der Waals surface area contributed by atoms with Gasteiger partial charge in [0.25, 0.3) is 0 Å². The van der Waals surface area contributed by atoms with Crippen molar-refractivity contribution in [2.24, 2.45) is 5.41 Å². The first-order valence-corrected chi connectivity index (χ1v) is 6.45. The highest BCUT2D eigenvalue weighted by molar-refractivity contribution is 5.92. The van der Waals surface area contributed by atoms with Crippen molar-refractivity contribution < 1.29 is 14.3 Å². The molecule has 2 N–H and O–H groups in total.